The second kappa shape index (κ2) is 5.40. The molecule has 0 aromatic heterocycles. The van der Waals surface area contributed by atoms with Gasteiger partial charge in [0.1, 0.15) is 11.9 Å². The average molecular weight is 241 g/mol. The van der Waals surface area contributed by atoms with Gasteiger partial charge in [0, 0.05) is 0 Å². The molecule has 0 fully saturated rings. The van der Waals surface area contributed by atoms with Crippen molar-refractivity contribution in [3.05, 3.63) is 35.6 Å². The van der Waals surface area contributed by atoms with Gasteiger partial charge in [-0.3, -0.25) is 9.59 Å². The number of hydrogen-bond acceptors (Lipinski definition) is 3. The Labute approximate surface area is 96.7 Å². The van der Waals surface area contributed by atoms with E-state index in [4.69, 9.17) is 15.9 Å². The molecule has 0 aliphatic carbocycles. The summed E-state index contributed by atoms with van der Waals surface area (Å²) in [6.45, 7) is 0. The zero-order chi connectivity index (χ0) is 13.0. The molecule has 4 N–H and O–H groups in total. The predicted molar refractivity (Wildman–Crippen MR) is 56.8 cm³/mol. The van der Waals surface area contributed by atoms with Crippen LogP contribution in [0.5, 0.6) is 0 Å². The Morgan fingerprint density at radius 1 is 1.18 bits per heavy atom. The fourth-order valence-electron chi connectivity index (χ4n) is 1.41. The number of halogens is 1. The van der Waals surface area contributed by atoms with E-state index in [-0.39, 0.29) is 6.42 Å². The summed E-state index contributed by atoms with van der Waals surface area (Å²) < 4.78 is 12.6. The molecule has 0 radical (unpaired) electrons. The lowest BCUT2D eigenvalue weighted by molar-refractivity contribution is -0.149. The minimum absolute atomic E-state index is 0.0525. The van der Waals surface area contributed by atoms with Gasteiger partial charge in [-0.2, -0.15) is 0 Å². The summed E-state index contributed by atoms with van der Waals surface area (Å²) in [5.41, 5.74) is 5.81. The van der Waals surface area contributed by atoms with E-state index in [9.17, 15) is 14.0 Å². The highest BCUT2D eigenvalue weighted by Crippen LogP contribution is 2.13. The highest BCUT2D eigenvalue weighted by molar-refractivity contribution is 5.82. The Morgan fingerprint density at radius 3 is 2.12 bits per heavy atom. The number of carbonyl (C=O) groups is 2. The van der Waals surface area contributed by atoms with Gasteiger partial charge in [0.15, 0.2) is 0 Å². The first-order valence-corrected chi connectivity index (χ1v) is 4.87. The quantitative estimate of drug-likeness (QED) is 0.696. The number of aliphatic carboxylic acids is 2. The minimum atomic E-state index is -1.49. The van der Waals surface area contributed by atoms with Gasteiger partial charge in [0.05, 0.1) is 5.92 Å². The van der Waals surface area contributed by atoms with Gasteiger partial charge in [-0.15, -0.1) is 0 Å². The van der Waals surface area contributed by atoms with Crippen molar-refractivity contribution in [2.24, 2.45) is 11.7 Å². The van der Waals surface area contributed by atoms with Crippen molar-refractivity contribution in [1.82, 2.24) is 0 Å². The van der Waals surface area contributed by atoms with E-state index in [1.54, 1.807) is 0 Å². The molecule has 2 atom stereocenters. The molecule has 0 heterocycles. The fraction of sp³-hybridized carbons (Fsp3) is 0.273. The van der Waals surface area contributed by atoms with Crippen LogP contribution in [-0.2, 0) is 16.0 Å². The summed E-state index contributed by atoms with van der Waals surface area (Å²) in [6, 6.07) is 3.68. The Morgan fingerprint density at radius 2 is 1.71 bits per heavy atom. The normalized spacial score (nSPS) is 14.0. The molecule has 0 bridgehead atoms. The SMILES string of the molecule is N[C@H](C(=O)O)C(Cc1ccc(F)cc1)C(=O)O. The van der Waals surface area contributed by atoms with Crippen LogP contribution in [0.4, 0.5) is 4.39 Å². The molecule has 17 heavy (non-hydrogen) atoms. The predicted octanol–water partition coefficient (Wildman–Crippen LogP) is 0.481. The molecule has 1 unspecified atom stereocenters. The van der Waals surface area contributed by atoms with E-state index in [1.165, 1.54) is 24.3 Å². The Hall–Kier alpha value is -1.95. The summed E-state index contributed by atoms with van der Waals surface area (Å²) in [5, 5.41) is 17.6. The van der Waals surface area contributed by atoms with Crippen LogP contribution in [0.3, 0.4) is 0 Å². The highest BCUT2D eigenvalue weighted by atomic mass is 19.1. The highest BCUT2D eigenvalue weighted by Gasteiger charge is 2.30. The Balaban J connectivity index is 2.84. The van der Waals surface area contributed by atoms with Crippen molar-refractivity contribution < 1.29 is 24.2 Å². The van der Waals surface area contributed by atoms with Crippen LogP contribution < -0.4 is 5.73 Å². The van der Waals surface area contributed by atoms with E-state index < -0.39 is 29.7 Å². The van der Waals surface area contributed by atoms with Gasteiger partial charge < -0.3 is 15.9 Å². The largest absolute Gasteiger partial charge is 0.481 e. The van der Waals surface area contributed by atoms with Gasteiger partial charge in [-0.05, 0) is 24.1 Å². The van der Waals surface area contributed by atoms with E-state index in [0.29, 0.717) is 5.56 Å². The smallest absolute Gasteiger partial charge is 0.321 e. The van der Waals surface area contributed by atoms with Crippen molar-refractivity contribution in [2.75, 3.05) is 0 Å². The van der Waals surface area contributed by atoms with Crippen molar-refractivity contribution in [2.45, 2.75) is 12.5 Å². The van der Waals surface area contributed by atoms with Gasteiger partial charge in [0.25, 0.3) is 0 Å². The lowest BCUT2D eigenvalue weighted by atomic mass is 9.93. The minimum Gasteiger partial charge on any atom is -0.481 e. The number of carboxylic acids is 2. The van der Waals surface area contributed by atoms with Crippen molar-refractivity contribution >= 4 is 11.9 Å². The first-order valence-electron chi connectivity index (χ1n) is 4.87. The molecule has 0 saturated heterocycles. The second-order valence-corrected chi connectivity index (χ2v) is 3.64. The lowest BCUT2D eigenvalue weighted by Gasteiger charge is -2.16. The fourth-order valence-corrected chi connectivity index (χ4v) is 1.41. The average Bonchev–Trinajstić information content (AvgIpc) is 2.26. The van der Waals surface area contributed by atoms with Crippen LogP contribution in [0, 0.1) is 11.7 Å². The number of hydrogen-bond donors (Lipinski definition) is 3. The number of nitrogens with two attached hydrogens (primary N) is 1. The number of carboxylic acid groups (broad SMARTS) is 2. The molecule has 0 aliphatic rings. The molecule has 1 rings (SSSR count). The Bertz CT molecular complexity index is 418. The molecular weight excluding hydrogens is 229 g/mol. The van der Waals surface area contributed by atoms with Crippen LogP contribution in [0.15, 0.2) is 24.3 Å². The summed E-state index contributed by atoms with van der Waals surface area (Å²) >= 11 is 0. The van der Waals surface area contributed by atoms with Gasteiger partial charge in [-0.25, -0.2) is 4.39 Å². The summed E-state index contributed by atoms with van der Waals surface area (Å²) in [6.07, 6.45) is -0.0525. The molecule has 1 aromatic carbocycles. The maximum absolute atomic E-state index is 12.6. The van der Waals surface area contributed by atoms with Crippen LogP contribution in [0.2, 0.25) is 0 Å². The molecule has 0 amide bonds. The molecule has 1 aromatic rings. The molecule has 0 aliphatic heterocycles. The lowest BCUT2D eigenvalue weighted by Crippen LogP contribution is -2.43. The zero-order valence-electron chi connectivity index (χ0n) is 8.84. The van der Waals surface area contributed by atoms with Crippen LogP contribution in [-0.4, -0.2) is 28.2 Å². The molecule has 6 heteroatoms. The molecule has 0 spiro atoms. The van der Waals surface area contributed by atoms with Crippen molar-refractivity contribution in [3.8, 4) is 0 Å². The zero-order valence-corrected chi connectivity index (χ0v) is 8.84. The molecule has 0 saturated carbocycles. The van der Waals surface area contributed by atoms with Gasteiger partial charge in [-0.1, -0.05) is 12.1 Å². The van der Waals surface area contributed by atoms with Crippen LogP contribution in [0.1, 0.15) is 5.56 Å². The summed E-state index contributed by atoms with van der Waals surface area (Å²) in [7, 11) is 0. The maximum atomic E-state index is 12.6. The third-order valence-corrected chi connectivity index (χ3v) is 2.40. The Kier molecular flexibility index (Phi) is 4.17. The number of rotatable bonds is 5. The number of benzene rings is 1. The molecular formula is C11H12FNO4. The van der Waals surface area contributed by atoms with Crippen LogP contribution >= 0.6 is 0 Å². The monoisotopic (exact) mass is 241 g/mol. The van der Waals surface area contributed by atoms with Crippen LogP contribution in [0.25, 0.3) is 0 Å². The maximum Gasteiger partial charge on any atom is 0.321 e. The first-order chi connectivity index (χ1) is 7.91. The van der Waals surface area contributed by atoms with Crippen molar-refractivity contribution in [3.63, 3.8) is 0 Å². The third-order valence-electron chi connectivity index (χ3n) is 2.40. The van der Waals surface area contributed by atoms with Gasteiger partial charge >= 0.3 is 11.9 Å². The molecule has 5 nitrogen and oxygen atoms in total. The van der Waals surface area contributed by atoms with E-state index >= 15 is 0 Å². The summed E-state index contributed by atoms with van der Waals surface area (Å²) in [4.78, 5) is 21.5. The second-order valence-electron chi connectivity index (χ2n) is 3.64. The van der Waals surface area contributed by atoms with E-state index in [2.05, 4.69) is 0 Å². The first kappa shape index (κ1) is 13.1. The topological polar surface area (TPSA) is 101 Å². The molecule has 92 valence electrons. The summed E-state index contributed by atoms with van der Waals surface area (Å²) in [5.74, 6) is -4.34. The van der Waals surface area contributed by atoms with Crippen molar-refractivity contribution in [1.29, 1.82) is 0 Å². The van der Waals surface area contributed by atoms with E-state index in [0.717, 1.165) is 0 Å². The van der Waals surface area contributed by atoms with E-state index in [1.807, 2.05) is 0 Å². The third kappa shape index (κ3) is 3.53. The standard InChI is InChI=1S/C11H12FNO4/c12-7-3-1-6(2-4-7)5-8(10(14)15)9(13)11(16)17/h1-4,8-9H,5,13H2,(H,14,15)(H,16,17)/t8?,9-/m0/s1. The van der Waals surface area contributed by atoms with Gasteiger partial charge in [0.2, 0.25) is 0 Å².